The van der Waals surface area contributed by atoms with Crippen LogP contribution in [0.15, 0.2) is 0 Å². The summed E-state index contributed by atoms with van der Waals surface area (Å²) in [5.41, 5.74) is -0.539. The van der Waals surface area contributed by atoms with Gasteiger partial charge in [-0.3, -0.25) is 0 Å². The first-order chi connectivity index (χ1) is 4.62. The molecule has 56 valence electrons. The summed E-state index contributed by atoms with van der Waals surface area (Å²) in [6, 6.07) is 0. The van der Waals surface area contributed by atoms with Gasteiger partial charge in [0.15, 0.2) is 0 Å². The first-order valence-electron chi connectivity index (χ1n) is 3.18. The highest BCUT2D eigenvalue weighted by atomic mass is 16.5. The van der Waals surface area contributed by atoms with Crippen molar-refractivity contribution in [1.29, 1.82) is 0 Å². The standard InChI is InChI=1S/C8H12O2/c1-4-8(2,3)10-7-5-6-9/h1,6H,5,7H2,2-3H3. The van der Waals surface area contributed by atoms with Crippen molar-refractivity contribution in [2.24, 2.45) is 0 Å². The van der Waals surface area contributed by atoms with Crippen LogP contribution in [-0.4, -0.2) is 18.5 Å². The van der Waals surface area contributed by atoms with Gasteiger partial charge in [0.25, 0.3) is 0 Å². The zero-order valence-electron chi connectivity index (χ0n) is 6.39. The molecule has 0 saturated carbocycles. The highest BCUT2D eigenvalue weighted by Crippen LogP contribution is 2.06. The van der Waals surface area contributed by atoms with Gasteiger partial charge in [-0.2, -0.15) is 0 Å². The van der Waals surface area contributed by atoms with Crippen molar-refractivity contribution in [2.45, 2.75) is 25.9 Å². The normalized spacial score (nSPS) is 10.5. The molecule has 0 aliphatic heterocycles. The lowest BCUT2D eigenvalue weighted by Gasteiger charge is -2.17. The van der Waals surface area contributed by atoms with Gasteiger partial charge >= 0.3 is 0 Å². The fourth-order valence-electron chi connectivity index (χ4n) is 0.404. The van der Waals surface area contributed by atoms with E-state index in [2.05, 4.69) is 5.92 Å². The van der Waals surface area contributed by atoms with E-state index in [0.29, 0.717) is 13.0 Å². The fraction of sp³-hybridized carbons (Fsp3) is 0.625. The molecule has 0 bridgehead atoms. The summed E-state index contributed by atoms with van der Waals surface area (Å²) in [7, 11) is 0. The number of carbonyl (C=O) groups excluding carboxylic acids is 1. The number of hydrogen-bond donors (Lipinski definition) is 0. The topological polar surface area (TPSA) is 26.3 Å². The molecular formula is C8H12O2. The van der Waals surface area contributed by atoms with E-state index in [4.69, 9.17) is 11.2 Å². The second kappa shape index (κ2) is 4.08. The fourth-order valence-corrected chi connectivity index (χ4v) is 0.404. The molecule has 0 aliphatic rings. The first kappa shape index (κ1) is 9.19. The van der Waals surface area contributed by atoms with Crippen LogP contribution in [0.25, 0.3) is 0 Å². The van der Waals surface area contributed by atoms with Crippen LogP contribution in [0.2, 0.25) is 0 Å². The Morgan fingerprint density at radius 1 is 1.70 bits per heavy atom. The monoisotopic (exact) mass is 140 g/mol. The summed E-state index contributed by atoms with van der Waals surface area (Å²) >= 11 is 0. The van der Waals surface area contributed by atoms with Crippen LogP contribution in [0.3, 0.4) is 0 Å². The summed E-state index contributed by atoms with van der Waals surface area (Å²) < 4.78 is 5.15. The molecule has 0 aromatic heterocycles. The Balaban J connectivity index is 3.49. The van der Waals surface area contributed by atoms with Crippen molar-refractivity contribution < 1.29 is 9.53 Å². The molecule has 0 aromatic rings. The molecule has 2 heteroatoms. The molecule has 0 amide bonds. The van der Waals surface area contributed by atoms with Gasteiger partial charge in [-0.1, -0.05) is 5.92 Å². The SMILES string of the molecule is C#CC(C)(C)OCCC=O. The minimum absolute atomic E-state index is 0.403. The van der Waals surface area contributed by atoms with E-state index in [-0.39, 0.29) is 0 Å². The Kier molecular flexibility index (Phi) is 3.75. The number of hydrogen-bond acceptors (Lipinski definition) is 2. The number of ether oxygens (including phenoxy) is 1. The minimum atomic E-state index is -0.539. The van der Waals surface area contributed by atoms with E-state index in [0.717, 1.165) is 6.29 Å². The van der Waals surface area contributed by atoms with Crippen molar-refractivity contribution in [3.05, 3.63) is 0 Å². The summed E-state index contributed by atoms with van der Waals surface area (Å²) in [5.74, 6) is 2.46. The summed E-state index contributed by atoms with van der Waals surface area (Å²) in [6.45, 7) is 3.98. The molecule has 0 N–H and O–H groups in total. The van der Waals surface area contributed by atoms with Crippen LogP contribution >= 0.6 is 0 Å². The zero-order chi connectivity index (χ0) is 8.04. The maximum absolute atomic E-state index is 9.85. The number of rotatable bonds is 4. The summed E-state index contributed by atoms with van der Waals surface area (Å²) in [5, 5.41) is 0. The van der Waals surface area contributed by atoms with Crippen molar-refractivity contribution in [3.8, 4) is 12.3 Å². The lowest BCUT2D eigenvalue weighted by molar-refractivity contribution is -0.109. The zero-order valence-corrected chi connectivity index (χ0v) is 6.39. The van der Waals surface area contributed by atoms with Gasteiger partial charge in [-0.25, -0.2) is 0 Å². The van der Waals surface area contributed by atoms with Crippen molar-refractivity contribution >= 4 is 6.29 Å². The molecule has 0 radical (unpaired) electrons. The van der Waals surface area contributed by atoms with Gasteiger partial charge in [-0.15, -0.1) is 6.42 Å². The maximum Gasteiger partial charge on any atom is 0.122 e. The third-order valence-corrected chi connectivity index (χ3v) is 1.05. The van der Waals surface area contributed by atoms with Gasteiger partial charge in [-0.05, 0) is 13.8 Å². The highest BCUT2D eigenvalue weighted by molar-refractivity contribution is 5.49. The molecule has 10 heavy (non-hydrogen) atoms. The van der Waals surface area contributed by atoms with E-state index in [1.54, 1.807) is 13.8 Å². The van der Waals surface area contributed by atoms with E-state index in [9.17, 15) is 4.79 Å². The molecule has 0 rings (SSSR count). The Morgan fingerprint density at radius 3 is 2.70 bits per heavy atom. The molecule has 0 aliphatic carbocycles. The second-order valence-electron chi connectivity index (χ2n) is 2.46. The smallest absolute Gasteiger partial charge is 0.122 e. The number of terminal acetylenes is 1. The van der Waals surface area contributed by atoms with Crippen LogP contribution in [0.5, 0.6) is 0 Å². The highest BCUT2D eigenvalue weighted by Gasteiger charge is 2.12. The largest absolute Gasteiger partial charge is 0.363 e. The summed E-state index contributed by atoms with van der Waals surface area (Å²) in [4.78, 5) is 9.85. The third-order valence-electron chi connectivity index (χ3n) is 1.05. The predicted molar refractivity (Wildman–Crippen MR) is 39.5 cm³/mol. The molecule has 2 nitrogen and oxygen atoms in total. The van der Waals surface area contributed by atoms with Gasteiger partial charge in [0.2, 0.25) is 0 Å². The van der Waals surface area contributed by atoms with Gasteiger partial charge in [0.05, 0.1) is 6.61 Å². The minimum Gasteiger partial charge on any atom is -0.363 e. The molecule has 0 aromatic carbocycles. The predicted octanol–water partition coefficient (Wildman–Crippen LogP) is 1.00. The summed E-state index contributed by atoms with van der Waals surface area (Å²) in [6.07, 6.45) is 6.35. The maximum atomic E-state index is 9.85. The molecule has 0 heterocycles. The van der Waals surface area contributed by atoms with E-state index in [1.165, 1.54) is 0 Å². The quantitative estimate of drug-likeness (QED) is 0.331. The Labute approximate surface area is 61.6 Å². The molecule has 0 atom stereocenters. The Bertz CT molecular complexity index is 142. The van der Waals surface area contributed by atoms with Crippen LogP contribution in [-0.2, 0) is 9.53 Å². The average Bonchev–Trinajstić information content (AvgIpc) is 1.89. The van der Waals surface area contributed by atoms with Crippen molar-refractivity contribution in [1.82, 2.24) is 0 Å². The van der Waals surface area contributed by atoms with Crippen LogP contribution in [0.1, 0.15) is 20.3 Å². The van der Waals surface area contributed by atoms with E-state index < -0.39 is 5.60 Å². The lowest BCUT2D eigenvalue weighted by Crippen LogP contribution is -2.22. The van der Waals surface area contributed by atoms with Gasteiger partial charge < -0.3 is 9.53 Å². The average molecular weight is 140 g/mol. The molecule has 0 unspecified atom stereocenters. The molecular weight excluding hydrogens is 128 g/mol. The second-order valence-corrected chi connectivity index (χ2v) is 2.46. The first-order valence-corrected chi connectivity index (χ1v) is 3.18. The van der Waals surface area contributed by atoms with Gasteiger partial charge in [0.1, 0.15) is 11.9 Å². The van der Waals surface area contributed by atoms with Crippen LogP contribution in [0.4, 0.5) is 0 Å². The Morgan fingerprint density at radius 2 is 2.30 bits per heavy atom. The third kappa shape index (κ3) is 4.11. The number of aldehydes is 1. The molecule has 0 spiro atoms. The Hall–Kier alpha value is -0.810. The number of carbonyl (C=O) groups is 1. The van der Waals surface area contributed by atoms with Crippen LogP contribution in [0, 0.1) is 12.3 Å². The lowest BCUT2D eigenvalue weighted by atomic mass is 10.1. The molecule has 0 fully saturated rings. The van der Waals surface area contributed by atoms with E-state index >= 15 is 0 Å². The van der Waals surface area contributed by atoms with Crippen LogP contribution < -0.4 is 0 Å². The van der Waals surface area contributed by atoms with Gasteiger partial charge in [0, 0.05) is 6.42 Å². The molecule has 0 saturated heterocycles. The van der Waals surface area contributed by atoms with E-state index in [1.807, 2.05) is 0 Å². The van der Waals surface area contributed by atoms with Crippen molar-refractivity contribution in [3.63, 3.8) is 0 Å². The van der Waals surface area contributed by atoms with Crippen molar-refractivity contribution in [2.75, 3.05) is 6.61 Å².